The van der Waals surface area contributed by atoms with Crippen LogP contribution in [0.1, 0.15) is 24.0 Å². The molecule has 0 spiro atoms. The van der Waals surface area contributed by atoms with Crippen LogP contribution in [0.2, 0.25) is 0 Å². The van der Waals surface area contributed by atoms with Crippen LogP contribution in [-0.4, -0.2) is 17.1 Å². The largest absolute Gasteiger partial charge is 0.496 e. The molecule has 100 valence electrons. The minimum atomic E-state index is -0.142. The maximum atomic E-state index is 11.8. The highest BCUT2D eigenvalue weighted by atomic mass is 79.9. The molecule has 2 aromatic rings. The van der Waals surface area contributed by atoms with Crippen molar-refractivity contribution in [2.24, 2.45) is 0 Å². The Morgan fingerprint density at radius 2 is 2.11 bits per heavy atom. The van der Waals surface area contributed by atoms with E-state index in [9.17, 15) is 4.79 Å². The molecule has 0 atom stereocenters. The molecule has 4 nitrogen and oxygen atoms in total. The first-order chi connectivity index (χ1) is 9.15. The van der Waals surface area contributed by atoms with E-state index in [4.69, 9.17) is 4.74 Å². The first kappa shape index (κ1) is 13.8. The number of rotatable bonds is 4. The van der Waals surface area contributed by atoms with Crippen molar-refractivity contribution < 1.29 is 4.74 Å². The molecule has 0 aliphatic rings. The van der Waals surface area contributed by atoms with Crippen molar-refractivity contribution in [1.82, 2.24) is 9.97 Å². The van der Waals surface area contributed by atoms with Crippen molar-refractivity contribution in [3.63, 3.8) is 0 Å². The van der Waals surface area contributed by atoms with Crippen LogP contribution in [-0.2, 0) is 12.8 Å². The van der Waals surface area contributed by atoms with E-state index in [1.807, 2.05) is 31.2 Å². The number of aromatic amines is 1. The maximum absolute atomic E-state index is 11.8. The van der Waals surface area contributed by atoms with Crippen molar-refractivity contribution in [2.45, 2.75) is 19.8 Å². The van der Waals surface area contributed by atoms with Crippen molar-refractivity contribution in [3.05, 3.63) is 56.2 Å². The van der Waals surface area contributed by atoms with Gasteiger partial charge in [0.25, 0.3) is 5.56 Å². The van der Waals surface area contributed by atoms with Gasteiger partial charge in [-0.2, -0.15) is 0 Å². The van der Waals surface area contributed by atoms with Crippen LogP contribution in [0.25, 0.3) is 0 Å². The van der Waals surface area contributed by atoms with E-state index in [2.05, 4.69) is 25.9 Å². The number of ether oxygens (including phenoxy) is 1. The second-order valence-corrected chi connectivity index (χ2v) is 4.91. The van der Waals surface area contributed by atoms with Crippen molar-refractivity contribution in [2.75, 3.05) is 7.11 Å². The van der Waals surface area contributed by atoms with E-state index < -0.39 is 0 Å². The molecule has 0 saturated carbocycles. The number of hydrogen-bond acceptors (Lipinski definition) is 3. The van der Waals surface area contributed by atoms with Crippen molar-refractivity contribution >= 4 is 15.9 Å². The average Bonchev–Trinajstić information content (AvgIpc) is 2.43. The smallest absolute Gasteiger partial charge is 0.265 e. The Labute approximate surface area is 120 Å². The van der Waals surface area contributed by atoms with Gasteiger partial charge in [-0.3, -0.25) is 4.79 Å². The molecule has 0 aliphatic carbocycles. The monoisotopic (exact) mass is 322 g/mol. The zero-order chi connectivity index (χ0) is 13.8. The van der Waals surface area contributed by atoms with E-state index >= 15 is 0 Å². The number of benzene rings is 1. The van der Waals surface area contributed by atoms with Crippen molar-refractivity contribution in [3.8, 4) is 5.75 Å². The number of methoxy groups -OCH3 is 1. The van der Waals surface area contributed by atoms with Gasteiger partial charge in [-0.05, 0) is 28.4 Å². The molecule has 0 unspecified atom stereocenters. The molecule has 19 heavy (non-hydrogen) atoms. The molecule has 0 fully saturated rings. The van der Waals surface area contributed by atoms with Gasteiger partial charge in [0.15, 0.2) is 0 Å². The molecule has 0 bridgehead atoms. The summed E-state index contributed by atoms with van der Waals surface area (Å²) in [4.78, 5) is 19.0. The third-order valence-electron chi connectivity index (χ3n) is 2.87. The quantitative estimate of drug-likeness (QED) is 0.941. The highest BCUT2D eigenvalue weighted by Gasteiger charge is 2.09. The number of para-hydroxylation sites is 1. The standard InChI is InChI=1S/C14H15BrN2O2/c1-3-10-13(15)14(18)17-12(16-10)8-9-6-4-5-7-11(9)19-2/h4-7H,3,8H2,1-2H3,(H,16,17,18). The summed E-state index contributed by atoms with van der Waals surface area (Å²) in [6, 6.07) is 7.71. The second-order valence-electron chi connectivity index (χ2n) is 4.12. The van der Waals surface area contributed by atoms with Crippen LogP contribution in [0.4, 0.5) is 0 Å². The zero-order valence-corrected chi connectivity index (χ0v) is 12.5. The molecular weight excluding hydrogens is 308 g/mol. The van der Waals surface area contributed by atoms with Crippen LogP contribution < -0.4 is 10.3 Å². The molecule has 1 heterocycles. The normalized spacial score (nSPS) is 10.5. The highest BCUT2D eigenvalue weighted by molar-refractivity contribution is 9.10. The fourth-order valence-corrected chi connectivity index (χ4v) is 2.37. The third-order valence-corrected chi connectivity index (χ3v) is 3.68. The molecule has 1 aromatic carbocycles. The van der Waals surface area contributed by atoms with Gasteiger partial charge < -0.3 is 9.72 Å². The predicted octanol–water partition coefficient (Wildman–Crippen LogP) is 2.69. The van der Waals surface area contributed by atoms with Gasteiger partial charge in [0.1, 0.15) is 16.0 Å². The number of halogens is 1. The fraction of sp³-hybridized carbons (Fsp3) is 0.286. The molecule has 0 aliphatic heterocycles. The summed E-state index contributed by atoms with van der Waals surface area (Å²) in [7, 11) is 1.63. The molecule has 0 saturated heterocycles. The molecular formula is C14H15BrN2O2. The molecule has 0 amide bonds. The Morgan fingerprint density at radius 3 is 2.79 bits per heavy atom. The van der Waals surface area contributed by atoms with Crippen LogP contribution in [0.15, 0.2) is 33.5 Å². The third kappa shape index (κ3) is 3.04. The van der Waals surface area contributed by atoms with Crippen molar-refractivity contribution in [1.29, 1.82) is 0 Å². The number of aromatic nitrogens is 2. The minimum absolute atomic E-state index is 0.142. The van der Waals surface area contributed by atoms with Gasteiger partial charge in [0.2, 0.25) is 0 Å². The Kier molecular flexibility index (Phi) is 4.37. The highest BCUT2D eigenvalue weighted by Crippen LogP contribution is 2.20. The SMILES string of the molecule is CCc1nc(Cc2ccccc2OC)[nH]c(=O)c1Br. The van der Waals surface area contributed by atoms with Gasteiger partial charge in [0, 0.05) is 12.0 Å². The summed E-state index contributed by atoms with van der Waals surface area (Å²) < 4.78 is 5.81. The van der Waals surface area contributed by atoms with E-state index in [0.29, 0.717) is 23.1 Å². The average molecular weight is 323 g/mol. The zero-order valence-electron chi connectivity index (χ0n) is 10.9. The van der Waals surface area contributed by atoms with E-state index in [-0.39, 0.29) is 5.56 Å². The summed E-state index contributed by atoms with van der Waals surface area (Å²) in [5, 5.41) is 0. The molecule has 5 heteroatoms. The number of hydrogen-bond donors (Lipinski definition) is 1. The molecule has 1 N–H and O–H groups in total. The van der Waals surface area contributed by atoms with Gasteiger partial charge in [0.05, 0.1) is 12.8 Å². The summed E-state index contributed by atoms with van der Waals surface area (Å²) in [6.45, 7) is 1.97. The topological polar surface area (TPSA) is 55.0 Å². The van der Waals surface area contributed by atoms with Gasteiger partial charge in [-0.15, -0.1) is 0 Å². The predicted molar refractivity (Wildman–Crippen MR) is 77.7 cm³/mol. The van der Waals surface area contributed by atoms with Crippen LogP contribution in [0.3, 0.4) is 0 Å². The lowest BCUT2D eigenvalue weighted by Gasteiger charge is -2.09. The Hall–Kier alpha value is -1.62. The lowest BCUT2D eigenvalue weighted by atomic mass is 10.1. The van der Waals surface area contributed by atoms with Gasteiger partial charge >= 0.3 is 0 Å². The summed E-state index contributed by atoms with van der Waals surface area (Å²) in [6.07, 6.45) is 1.25. The minimum Gasteiger partial charge on any atom is -0.496 e. The lowest BCUT2D eigenvalue weighted by molar-refractivity contribution is 0.410. The fourth-order valence-electron chi connectivity index (χ4n) is 1.90. The first-order valence-electron chi connectivity index (χ1n) is 6.05. The summed E-state index contributed by atoms with van der Waals surface area (Å²) in [5.74, 6) is 1.45. The van der Waals surface area contributed by atoms with E-state index in [0.717, 1.165) is 17.0 Å². The second kappa shape index (κ2) is 6.02. The first-order valence-corrected chi connectivity index (χ1v) is 6.84. The van der Waals surface area contributed by atoms with Crippen LogP contribution in [0.5, 0.6) is 5.75 Å². The van der Waals surface area contributed by atoms with Gasteiger partial charge in [-0.1, -0.05) is 25.1 Å². The molecule has 1 aromatic heterocycles. The number of nitrogens with one attached hydrogen (secondary N) is 1. The summed E-state index contributed by atoms with van der Waals surface area (Å²) in [5.41, 5.74) is 1.63. The molecule has 2 rings (SSSR count). The lowest BCUT2D eigenvalue weighted by Crippen LogP contribution is -2.15. The van der Waals surface area contributed by atoms with E-state index in [1.54, 1.807) is 7.11 Å². The number of H-pyrrole nitrogens is 1. The van der Waals surface area contributed by atoms with Crippen LogP contribution in [0, 0.1) is 0 Å². The van der Waals surface area contributed by atoms with E-state index in [1.165, 1.54) is 0 Å². The van der Waals surface area contributed by atoms with Crippen LogP contribution >= 0.6 is 15.9 Å². The Morgan fingerprint density at radius 1 is 1.37 bits per heavy atom. The number of nitrogens with zero attached hydrogens (tertiary/aromatic N) is 1. The maximum Gasteiger partial charge on any atom is 0.265 e. The Balaban J connectivity index is 2.38. The molecule has 0 radical (unpaired) electrons. The Bertz CT molecular complexity index is 638. The number of aryl methyl sites for hydroxylation is 1. The summed E-state index contributed by atoms with van der Waals surface area (Å²) >= 11 is 3.26. The van der Waals surface area contributed by atoms with Gasteiger partial charge in [-0.25, -0.2) is 4.98 Å².